The molecule has 0 saturated carbocycles. The van der Waals surface area contributed by atoms with Crippen molar-refractivity contribution >= 4 is 17.1 Å². The van der Waals surface area contributed by atoms with Crippen molar-refractivity contribution in [2.24, 2.45) is 10.9 Å². The highest BCUT2D eigenvalue weighted by Crippen LogP contribution is 2.45. The SMILES string of the molecule is Cc1ccc2c(c1)C(=Nc1ccccc1)c1cc(OON)cc([N+](=O)[O-])c1-2. The van der Waals surface area contributed by atoms with E-state index in [1.165, 1.54) is 6.07 Å². The molecule has 0 aromatic heterocycles. The second kappa shape index (κ2) is 6.64. The molecule has 0 bridgehead atoms. The highest BCUT2D eigenvalue weighted by Gasteiger charge is 2.33. The molecule has 0 heterocycles. The average Bonchev–Trinajstić information content (AvgIpc) is 2.95. The van der Waals surface area contributed by atoms with Crippen molar-refractivity contribution in [2.75, 3.05) is 0 Å². The Hall–Kier alpha value is -3.55. The van der Waals surface area contributed by atoms with E-state index in [9.17, 15) is 10.1 Å². The molecule has 3 aromatic rings. The van der Waals surface area contributed by atoms with Crippen LogP contribution in [-0.2, 0) is 4.99 Å². The number of aliphatic imine (C=N–C) groups is 1. The summed E-state index contributed by atoms with van der Waals surface area (Å²) in [5.41, 5.74) is 5.03. The second-order valence-electron chi connectivity index (χ2n) is 6.15. The number of aryl methyl sites for hydroxylation is 1. The summed E-state index contributed by atoms with van der Waals surface area (Å²) in [6.45, 7) is 1.97. The van der Waals surface area contributed by atoms with Crippen LogP contribution >= 0.6 is 0 Å². The molecule has 7 heteroatoms. The van der Waals surface area contributed by atoms with Gasteiger partial charge >= 0.3 is 0 Å². The first-order valence-corrected chi connectivity index (χ1v) is 8.20. The fourth-order valence-corrected chi connectivity index (χ4v) is 3.29. The molecule has 0 radical (unpaired) electrons. The average molecular weight is 361 g/mol. The van der Waals surface area contributed by atoms with Crippen molar-refractivity contribution in [3.05, 3.63) is 87.5 Å². The Labute approximate surface area is 154 Å². The summed E-state index contributed by atoms with van der Waals surface area (Å²) in [6, 6.07) is 18.1. The van der Waals surface area contributed by atoms with Gasteiger partial charge in [0.15, 0.2) is 5.75 Å². The number of para-hydroxylation sites is 1. The lowest BCUT2D eigenvalue weighted by Gasteiger charge is -2.06. The normalized spacial score (nSPS) is 13.3. The first-order valence-electron chi connectivity index (χ1n) is 8.20. The minimum Gasteiger partial charge on any atom is -0.319 e. The number of benzene rings is 3. The Kier molecular flexibility index (Phi) is 4.15. The molecule has 0 atom stereocenters. The maximum Gasteiger partial charge on any atom is 0.281 e. The van der Waals surface area contributed by atoms with Gasteiger partial charge in [-0.25, -0.2) is 4.99 Å². The quantitative estimate of drug-likeness (QED) is 0.333. The minimum absolute atomic E-state index is 0.0945. The molecule has 3 aromatic carbocycles. The third-order valence-electron chi connectivity index (χ3n) is 4.38. The number of rotatable bonds is 4. The van der Waals surface area contributed by atoms with Gasteiger partial charge in [-0.05, 0) is 36.8 Å². The van der Waals surface area contributed by atoms with E-state index in [1.54, 1.807) is 6.07 Å². The van der Waals surface area contributed by atoms with Crippen LogP contribution in [0.4, 0.5) is 11.4 Å². The van der Waals surface area contributed by atoms with Crippen LogP contribution < -0.4 is 10.8 Å². The molecule has 4 rings (SSSR count). The highest BCUT2D eigenvalue weighted by molar-refractivity contribution is 6.26. The van der Waals surface area contributed by atoms with Crippen LogP contribution in [0, 0.1) is 17.0 Å². The highest BCUT2D eigenvalue weighted by atomic mass is 17.3. The fraction of sp³-hybridized carbons (Fsp3) is 0.0500. The van der Waals surface area contributed by atoms with Crippen LogP contribution in [0.1, 0.15) is 16.7 Å². The van der Waals surface area contributed by atoms with Crippen molar-refractivity contribution < 1.29 is 14.8 Å². The zero-order valence-electron chi connectivity index (χ0n) is 14.4. The first kappa shape index (κ1) is 16.9. The van der Waals surface area contributed by atoms with Gasteiger partial charge in [0, 0.05) is 11.1 Å². The smallest absolute Gasteiger partial charge is 0.281 e. The third-order valence-corrected chi connectivity index (χ3v) is 4.38. The standard InChI is InChI=1S/C20H15N3O4/c1-12-7-8-15-16(9-12)20(22-13-5-3-2-4-6-13)17-10-14(26-27-21)11-18(19(15)17)23(24)25/h2-11H,21H2,1H3. The van der Waals surface area contributed by atoms with Crippen molar-refractivity contribution in [2.45, 2.75) is 6.92 Å². The molecule has 2 N–H and O–H groups in total. The molecule has 1 aliphatic carbocycles. The molecular weight excluding hydrogens is 346 g/mol. The molecule has 0 amide bonds. The molecule has 0 spiro atoms. The van der Waals surface area contributed by atoms with Crippen molar-refractivity contribution in [3.8, 4) is 16.9 Å². The van der Waals surface area contributed by atoms with Gasteiger partial charge in [-0.2, -0.15) is 5.90 Å². The van der Waals surface area contributed by atoms with Crippen LogP contribution in [0.5, 0.6) is 5.75 Å². The van der Waals surface area contributed by atoms with Gasteiger partial charge in [0.25, 0.3) is 5.69 Å². The van der Waals surface area contributed by atoms with Crippen LogP contribution in [0.15, 0.2) is 65.7 Å². The third kappa shape index (κ3) is 2.95. The van der Waals surface area contributed by atoms with E-state index >= 15 is 0 Å². The lowest BCUT2D eigenvalue weighted by Crippen LogP contribution is -2.05. The van der Waals surface area contributed by atoms with Gasteiger partial charge in [-0.15, -0.1) is 0 Å². The Morgan fingerprint density at radius 1 is 1.00 bits per heavy atom. The topological polar surface area (TPSA) is 100.0 Å². The van der Waals surface area contributed by atoms with E-state index in [4.69, 9.17) is 15.8 Å². The van der Waals surface area contributed by atoms with Gasteiger partial charge in [-0.3, -0.25) is 10.1 Å². The molecule has 0 unspecified atom stereocenters. The largest absolute Gasteiger partial charge is 0.319 e. The lowest BCUT2D eigenvalue weighted by molar-refractivity contribution is -0.384. The predicted octanol–water partition coefficient (Wildman–Crippen LogP) is 4.24. The number of nitrogens with two attached hydrogens (primary N) is 1. The molecule has 0 aliphatic heterocycles. The maximum absolute atomic E-state index is 11.7. The van der Waals surface area contributed by atoms with Crippen molar-refractivity contribution in [1.29, 1.82) is 0 Å². The minimum atomic E-state index is -0.447. The second-order valence-corrected chi connectivity index (χ2v) is 6.15. The summed E-state index contributed by atoms with van der Waals surface area (Å²) in [4.78, 5) is 25.1. The van der Waals surface area contributed by atoms with E-state index in [0.29, 0.717) is 16.8 Å². The Bertz CT molecular complexity index is 1080. The number of hydrogen-bond donors (Lipinski definition) is 1. The van der Waals surface area contributed by atoms with Crippen LogP contribution in [-0.4, -0.2) is 10.6 Å². The zero-order chi connectivity index (χ0) is 19.0. The summed E-state index contributed by atoms with van der Waals surface area (Å²) in [5, 5.41) is 11.7. The van der Waals surface area contributed by atoms with E-state index in [1.807, 2.05) is 55.5 Å². The molecule has 27 heavy (non-hydrogen) atoms. The summed E-state index contributed by atoms with van der Waals surface area (Å²) in [6.07, 6.45) is 0. The molecule has 7 nitrogen and oxygen atoms in total. The molecule has 134 valence electrons. The van der Waals surface area contributed by atoms with E-state index < -0.39 is 4.92 Å². The number of nitro benzene ring substituents is 1. The van der Waals surface area contributed by atoms with Crippen LogP contribution in [0.2, 0.25) is 0 Å². The van der Waals surface area contributed by atoms with Crippen molar-refractivity contribution in [1.82, 2.24) is 0 Å². The summed E-state index contributed by atoms with van der Waals surface area (Å²) in [7, 11) is 0. The van der Waals surface area contributed by atoms with Gasteiger partial charge in [0.2, 0.25) is 0 Å². The number of nitro groups is 1. The Morgan fingerprint density at radius 3 is 2.48 bits per heavy atom. The molecular formula is C20H15N3O4. The van der Waals surface area contributed by atoms with E-state index in [2.05, 4.69) is 4.99 Å². The lowest BCUT2D eigenvalue weighted by atomic mass is 10.0. The van der Waals surface area contributed by atoms with Crippen LogP contribution in [0.25, 0.3) is 11.1 Å². The molecule has 0 saturated heterocycles. The Morgan fingerprint density at radius 2 is 1.78 bits per heavy atom. The van der Waals surface area contributed by atoms with Gasteiger partial charge in [0.05, 0.1) is 28.0 Å². The van der Waals surface area contributed by atoms with Gasteiger partial charge in [0.1, 0.15) is 0 Å². The number of hydrogen-bond acceptors (Lipinski definition) is 6. The Balaban J connectivity index is 2.04. The van der Waals surface area contributed by atoms with E-state index in [0.717, 1.165) is 22.4 Å². The zero-order valence-corrected chi connectivity index (χ0v) is 14.4. The molecule has 1 aliphatic rings. The molecule has 0 fully saturated rings. The van der Waals surface area contributed by atoms with Gasteiger partial charge in [-0.1, -0.05) is 40.9 Å². The number of fused-ring (bicyclic) bond motifs is 3. The summed E-state index contributed by atoms with van der Waals surface area (Å²) in [5.74, 6) is 5.10. The fourth-order valence-electron chi connectivity index (χ4n) is 3.29. The predicted molar refractivity (Wildman–Crippen MR) is 101 cm³/mol. The number of nitrogens with zero attached hydrogens (tertiary/aromatic N) is 2. The maximum atomic E-state index is 11.7. The van der Waals surface area contributed by atoms with Gasteiger partial charge < -0.3 is 4.89 Å². The van der Waals surface area contributed by atoms with E-state index in [-0.39, 0.29) is 11.4 Å². The summed E-state index contributed by atoms with van der Waals surface area (Å²) >= 11 is 0. The monoisotopic (exact) mass is 361 g/mol. The summed E-state index contributed by atoms with van der Waals surface area (Å²) < 4.78 is 0. The van der Waals surface area contributed by atoms with Crippen molar-refractivity contribution in [3.63, 3.8) is 0 Å². The first-order chi connectivity index (χ1) is 13.1. The van der Waals surface area contributed by atoms with Crippen LogP contribution in [0.3, 0.4) is 0 Å².